The zero-order chi connectivity index (χ0) is 19.3. The zero-order valence-corrected chi connectivity index (χ0v) is 16.9. The van der Waals surface area contributed by atoms with Gasteiger partial charge < -0.3 is 10.2 Å². The van der Waals surface area contributed by atoms with Gasteiger partial charge in [-0.15, -0.1) is 0 Å². The van der Waals surface area contributed by atoms with Crippen molar-refractivity contribution in [3.8, 4) is 0 Å². The second-order valence-corrected chi connectivity index (χ2v) is 8.33. The minimum atomic E-state index is 0.0385. The van der Waals surface area contributed by atoms with Gasteiger partial charge in [-0.3, -0.25) is 4.90 Å². The van der Waals surface area contributed by atoms with E-state index in [1.54, 1.807) is 0 Å². The summed E-state index contributed by atoms with van der Waals surface area (Å²) in [6.07, 6.45) is 3.50. The highest BCUT2D eigenvalue weighted by molar-refractivity contribution is 6.30. The summed E-state index contributed by atoms with van der Waals surface area (Å²) >= 11 is 5.91. The highest BCUT2D eigenvalue weighted by Gasteiger charge is 2.32. The van der Waals surface area contributed by atoms with Gasteiger partial charge in [0.1, 0.15) is 0 Å². The fourth-order valence-electron chi connectivity index (χ4n) is 4.44. The average Bonchev–Trinajstić information content (AvgIpc) is 3.24. The van der Waals surface area contributed by atoms with Crippen molar-refractivity contribution in [2.24, 2.45) is 0 Å². The Morgan fingerprint density at radius 2 is 1.68 bits per heavy atom. The van der Waals surface area contributed by atoms with Crippen molar-refractivity contribution in [2.45, 2.75) is 37.8 Å². The van der Waals surface area contributed by atoms with E-state index in [1.807, 2.05) is 29.2 Å². The number of hydrogen-bond donors (Lipinski definition) is 1. The Morgan fingerprint density at radius 1 is 0.964 bits per heavy atom. The number of likely N-dealkylation sites (tertiary alicyclic amines) is 2. The number of benzene rings is 2. The van der Waals surface area contributed by atoms with E-state index in [2.05, 4.69) is 40.5 Å². The lowest BCUT2D eigenvalue weighted by atomic mass is 9.89. The summed E-state index contributed by atoms with van der Waals surface area (Å²) in [5.41, 5.74) is 2.54. The molecule has 1 atom stereocenters. The molecule has 0 aromatic heterocycles. The topological polar surface area (TPSA) is 35.6 Å². The third-order valence-corrected chi connectivity index (χ3v) is 6.38. The predicted octanol–water partition coefficient (Wildman–Crippen LogP) is 4.50. The Labute approximate surface area is 172 Å². The van der Waals surface area contributed by atoms with E-state index in [-0.39, 0.29) is 6.03 Å². The lowest BCUT2D eigenvalue weighted by molar-refractivity contribution is 0.151. The van der Waals surface area contributed by atoms with Gasteiger partial charge in [-0.1, -0.05) is 54.1 Å². The maximum atomic E-state index is 12.5. The Kier molecular flexibility index (Phi) is 6.18. The number of urea groups is 1. The first kappa shape index (κ1) is 19.3. The Bertz CT molecular complexity index is 772. The normalized spacial score (nSPS) is 21.0. The van der Waals surface area contributed by atoms with Crippen LogP contribution in [0.15, 0.2) is 54.6 Å². The van der Waals surface area contributed by atoms with Crippen molar-refractivity contribution in [3.05, 3.63) is 70.7 Å². The molecule has 0 spiro atoms. The summed E-state index contributed by atoms with van der Waals surface area (Å²) in [6, 6.07) is 19.0. The van der Waals surface area contributed by atoms with Crippen LogP contribution < -0.4 is 5.32 Å². The standard InChI is InChI=1S/C23H28ClN3O/c24-21-8-6-18(7-9-21)16-25-23(28)27-15-12-22(17-27)26-13-10-20(11-14-26)19-4-2-1-3-5-19/h1-9,20,22H,10-17H2,(H,25,28). The molecule has 148 valence electrons. The summed E-state index contributed by atoms with van der Waals surface area (Å²) in [4.78, 5) is 17.1. The highest BCUT2D eigenvalue weighted by atomic mass is 35.5. The van der Waals surface area contributed by atoms with E-state index < -0.39 is 0 Å². The predicted molar refractivity (Wildman–Crippen MR) is 114 cm³/mol. The summed E-state index contributed by atoms with van der Waals surface area (Å²) in [5, 5.41) is 3.75. The molecule has 0 saturated carbocycles. The van der Waals surface area contributed by atoms with Gasteiger partial charge in [-0.25, -0.2) is 4.79 Å². The molecule has 2 aromatic carbocycles. The van der Waals surface area contributed by atoms with E-state index in [0.29, 0.717) is 23.5 Å². The van der Waals surface area contributed by atoms with Gasteiger partial charge in [-0.05, 0) is 61.5 Å². The number of piperidine rings is 1. The van der Waals surface area contributed by atoms with Gasteiger partial charge >= 0.3 is 6.03 Å². The van der Waals surface area contributed by atoms with Crippen molar-refractivity contribution in [1.82, 2.24) is 15.1 Å². The van der Waals surface area contributed by atoms with Crippen LogP contribution >= 0.6 is 11.6 Å². The van der Waals surface area contributed by atoms with Gasteiger partial charge in [-0.2, -0.15) is 0 Å². The lowest BCUT2D eigenvalue weighted by Crippen LogP contribution is -2.44. The fourth-order valence-corrected chi connectivity index (χ4v) is 4.57. The molecule has 0 radical (unpaired) electrons. The van der Waals surface area contributed by atoms with Crippen LogP contribution in [0.2, 0.25) is 5.02 Å². The van der Waals surface area contributed by atoms with E-state index >= 15 is 0 Å². The molecule has 0 aliphatic carbocycles. The first-order valence-electron chi connectivity index (χ1n) is 10.3. The van der Waals surface area contributed by atoms with Crippen LogP contribution in [-0.4, -0.2) is 48.1 Å². The number of hydrogen-bond acceptors (Lipinski definition) is 2. The molecule has 4 nitrogen and oxygen atoms in total. The lowest BCUT2D eigenvalue weighted by Gasteiger charge is -2.36. The first-order chi connectivity index (χ1) is 13.7. The van der Waals surface area contributed by atoms with Gasteiger partial charge in [0.2, 0.25) is 0 Å². The van der Waals surface area contributed by atoms with Crippen molar-refractivity contribution >= 4 is 17.6 Å². The first-order valence-corrected chi connectivity index (χ1v) is 10.6. The summed E-state index contributed by atoms with van der Waals surface area (Å²) in [6.45, 7) is 4.48. The maximum absolute atomic E-state index is 12.5. The van der Waals surface area contributed by atoms with Crippen molar-refractivity contribution in [2.75, 3.05) is 26.2 Å². The van der Waals surface area contributed by atoms with E-state index in [4.69, 9.17) is 11.6 Å². The largest absolute Gasteiger partial charge is 0.334 e. The SMILES string of the molecule is O=C(NCc1ccc(Cl)cc1)N1CCC(N2CCC(c3ccccc3)CC2)C1. The van der Waals surface area contributed by atoms with E-state index in [0.717, 1.165) is 38.2 Å². The van der Waals surface area contributed by atoms with Crippen LogP contribution in [0.1, 0.15) is 36.3 Å². The number of nitrogens with zero attached hydrogens (tertiary/aromatic N) is 2. The van der Waals surface area contributed by atoms with E-state index in [9.17, 15) is 4.79 Å². The molecule has 2 aromatic rings. The Hall–Kier alpha value is -2.04. The number of carbonyl (C=O) groups excluding carboxylic acids is 1. The maximum Gasteiger partial charge on any atom is 0.317 e. The quantitative estimate of drug-likeness (QED) is 0.824. The van der Waals surface area contributed by atoms with Gasteiger partial charge in [0.15, 0.2) is 0 Å². The number of halogens is 1. The number of rotatable bonds is 4. The summed E-state index contributed by atoms with van der Waals surface area (Å²) in [7, 11) is 0. The van der Waals surface area contributed by atoms with E-state index in [1.165, 1.54) is 18.4 Å². The molecular formula is C23H28ClN3O. The molecule has 2 aliphatic heterocycles. The van der Waals surface area contributed by atoms with Crippen LogP contribution in [-0.2, 0) is 6.54 Å². The minimum Gasteiger partial charge on any atom is -0.334 e. The number of nitrogens with one attached hydrogen (secondary N) is 1. The fraction of sp³-hybridized carbons (Fsp3) is 0.435. The second kappa shape index (κ2) is 8.97. The molecule has 2 amide bonds. The molecule has 2 fully saturated rings. The Balaban J connectivity index is 1.23. The third-order valence-electron chi connectivity index (χ3n) is 6.12. The van der Waals surface area contributed by atoms with Crippen LogP contribution in [0.5, 0.6) is 0 Å². The molecular weight excluding hydrogens is 370 g/mol. The van der Waals surface area contributed by atoms with Gasteiger partial charge in [0, 0.05) is 30.7 Å². The molecule has 2 heterocycles. The highest BCUT2D eigenvalue weighted by Crippen LogP contribution is 2.30. The minimum absolute atomic E-state index is 0.0385. The second-order valence-electron chi connectivity index (χ2n) is 7.89. The zero-order valence-electron chi connectivity index (χ0n) is 16.2. The molecule has 5 heteroatoms. The van der Waals surface area contributed by atoms with Crippen LogP contribution in [0.4, 0.5) is 4.79 Å². The van der Waals surface area contributed by atoms with Gasteiger partial charge in [0.25, 0.3) is 0 Å². The molecule has 0 bridgehead atoms. The molecule has 4 rings (SSSR count). The molecule has 28 heavy (non-hydrogen) atoms. The van der Waals surface area contributed by atoms with Crippen molar-refractivity contribution < 1.29 is 4.79 Å². The summed E-state index contributed by atoms with van der Waals surface area (Å²) in [5.74, 6) is 0.678. The number of carbonyl (C=O) groups is 1. The third kappa shape index (κ3) is 4.68. The smallest absolute Gasteiger partial charge is 0.317 e. The van der Waals surface area contributed by atoms with Crippen LogP contribution in [0.25, 0.3) is 0 Å². The van der Waals surface area contributed by atoms with Crippen molar-refractivity contribution in [1.29, 1.82) is 0 Å². The molecule has 2 aliphatic rings. The van der Waals surface area contributed by atoms with Crippen LogP contribution in [0.3, 0.4) is 0 Å². The Morgan fingerprint density at radius 3 is 2.39 bits per heavy atom. The monoisotopic (exact) mass is 397 g/mol. The van der Waals surface area contributed by atoms with Crippen molar-refractivity contribution in [3.63, 3.8) is 0 Å². The molecule has 1 N–H and O–H groups in total. The van der Waals surface area contributed by atoms with Crippen LogP contribution in [0, 0.1) is 0 Å². The molecule has 2 saturated heterocycles. The van der Waals surface area contributed by atoms with Gasteiger partial charge in [0.05, 0.1) is 0 Å². The molecule has 1 unspecified atom stereocenters. The average molecular weight is 398 g/mol. The summed E-state index contributed by atoms with van der Waals surface area (Å²) < 4.78 is 0. The number of amides is 2.